The van der Waals surface area contributed by atoms with Crippen LogP contribution in [0, 0.1) is 0 Å². The minimum Gasteiger partial charge on any atom is -0.312 e. The Balaban J connectivity index is 1.42. The molecule has 1 heterocycles. The summed E-state index contributed by atoms with van der Waals surface area (Å²) in [6, 6.07) is 15.8. The van der Waals surface area contributed by atoms with Crippen molar-refractivity contribution < 1.29 is 4.21 Å². The summed E-state index contributed by atoms with van der Waals surface area (Å²) >= 11 is 3.43. The summed E-state index contributed by atoms with van der Waals surface area (Å²) in [6.45, 7) is 2.13. The van der Waals surface area contributed by atoms with Crippen molar-refractivity contribution in [3.63, 3.8) is 0 Å². The number of benzene rings is 2. The summed E-state index contributed by atoms with van der Waals surface area (Å²) in [6.07, 6.45) is 7.67. The van der Waals surface area contributed by atoms with Crippen LogP contribution in [0.2, 0.25) is 0 Å². The van der Waals surface area contributed by atoms with Gasteiger partial charge in [-0.25, -0.2) is 8.93 Å². The minimum atomic E-state index is -1.24. The van der Waals surface area contributed by atoms with Gasteiger partial charge >= 0.3 is 0 Å². The molecule has 0 spiro atoms. The third-order valence-corrected chi connectivity index (χ3v) is 5.57. The summed E-state index contributed by atoms with van der Waals surface area (Å²) in [5.74, 6) is 0. The van der Waals surface area contributed by atoms with E-state index in [-0.39, 0.29) is 0 Å². The average molecular weight is 430 g/mol. The van der Waals surface area contributed by atoms with E-state index in [1.54, 1.807) is 12.4 Å². The van der Waals surface area contributed by atoms with Crippen LogP contribution >= 0.6 is 15.9 Å². The predicted molar refractivity (Wildman–Crippen MR) is 112 cm³/mol. The molecule has 0 amide bonds. The summed E-state index contributed by atoms with van der Waals surface area (Å²) in [5, 5.41) is 5.28. The zero-order valence-corrected chi connectivity index (χ0v) is 16.6. The van der Waals surface area contributed by atoms with Crippen LogP contribution < -0.4 is 10.0 Å². The first-order valence-electron chi connectivity index (χ1n) is 8.35. The van der Waals surface area contributed by atoms with Crippen LogP contribution in [0.25, 0.3) is 16.8 Å². The van der Waals surface area contributed by atoms with Crippen molar-refractivity contribution in [2.45, 2.75) is 4.90 Å². The van der Waals surface area contributed by atoms with Crippen LogP contribution in [0.3, 0.4) is 0 Å². The lowest BCUT2D eigenvalue weighted by molar-refractivity contribution is 0.664. The van der Waals surface area contributed by atoms with Crippen LogP contribution in [0.5, 0.6) is 0 Å². The molecule has 134 valence electrons. The average Bonchev–Trinajstić information content (AvgIpc) is 2.68. The van der Waals surface area contributed by atoms with Crippen LogP contribution in [0.15, 0.2) is 76.4 Å². The fraction of sp³-hybridized carbons (Fsp3) is 0.150. The Morgan fingerprint density at radius 1 is 1.08 bits per heavy atom. The largest absolute Gasteiger partial charge is 0.312 e. The van der Waals surface area contributed by atoms with Gasteiger partial charge in [-0.1, -0.05) is 52.3 Å². The molecule has 26 heavy (non-hydrogen) atoms. The monoisotopic (exact) mass is 429 g/mol. The summed E-state index contributed by atoms with van der Waals surface area (Å²) in [5.41, 5.74) is 1.17. The maximum absolute atomic E-state index is 12.5. The van der Waals surface area contributed by atoms with E-state index < -0.39 is 11.0 Å². The van der Waals surface area contributed by atoms with Gasteiger partial charge in [0.05, 0.1) is 4.90 Å². The van der Waals surface area contributed by atoms with E-state index in [4.69, 9.17) is 0 Å². The number of fused-ring (bicyclic) bond motifs is 1. The molecule has 0 aliphatic heterocycles. The Bertz CT molecular complexity index is 907. The molecule has 1 aromatic heterocycles. The molecule has 0 saturated carbocycles. The highest BCUT2D eigenvalue weighted by molar-refractivity contribution is 9.10. The summed E-state index contributed by atoms with van der Waals surface area (Å²) in [4.78, 5) is 4.90. The van der Waals surface area contributed by atoms with Crippen molar-refractivity contribution in [3.8, 4) is 0 Å². The van der Waals surface area contributed by atoms with E-state index in [0.717, 1.165) is 33.2 Å². The van der Waals surface area contributed by atoms with E-state index in [1.807, 2.05) is 36.4 Å². The Morgan fingerprint density at radius 2 is 1.92 bits per heavy atom. The van der Waals surface area contributed by atoms with Gasteiger partial charge in [0.2, 0.25) is 0 Å². The number of rotatable bonds is 8. The molecule has 1 atom stereocenters. The molecule has 4 nitrogen and oxygen atoms in total. The molecule has 3 aromatic rings. The lowest BCUT2D eigenvalue weighted by Crippen LogP contribution is -2.28. The zero-order chi connectivity index (χ0) is 18.2. The second-order valence-corrected chi connectivity index (χ2v) is 7.86. The van der Waals surface area contributed by atoms with Gasteiger partial charge in [0.1, 0.15) is 11.0 Å². The molecule has 2 aromatic carbocycles. The molecule has 0 radical (unpaired) electrons. The number of nitrogens with zero attached hydrogens (tertiary/aromatic N) is 1. The van der Waals surface area contributed by atoms with Gasteiger partial charge in [-0.15, -0.1) is 0 Å². The highest BCUT2D eigenvalue weighted by Gasteiger charge is 2.07. The third kappa shape index (κ3) is 5.32. The molecule has 0 bridgehead atoms. The molecule has 0 saturated heterocycles. The SMILES string of the molecule is O=S(NCCNCC=Cc1ccc(Br)cc1)c1cccc2cnccc12. The topological polar surface area (TPSA) is 54.0 Å². The van der Waals surface area contributed by atoms with Crippen molar-refractivity contribution in [2.24, 2.45) is 0 Å². The van der Waals surface area contributed by atoms with E-state index >= 15 is 0 Å². The summed E-state index contributed by atoms with van der Waals surface area (Å²) in [7, 11) is -1.24. The van der Waals surface area contributed by atoms with Gasteiger partial charge in [0.25, 0.3) is 0 Å². The Kier molecular flexibility index (Phi) is 7.08. The predicted octanol–water partition coefficient (Wildman–Crippen LogP) is 3.91. The summed E-state index contributed by atoms with van der Waals surface area (Å²) < 4.78 is 16.6. The third-order valence-electron chi connectivity index (χ3n) is 3.82. The molecule has 2 N–H and O–H groups in total. The van der Waals surface area contributed by atoms with Gasteiger partial charge in [0, 0.05) is 47.3 Å². The molecule has 3 rings (SSSR count). The van der Waals surface area contributed by atoms with Gasteiger partial charge in [-0.05, 0) is 29.8 Å². The second kappa shape index (κ2) is 9.73. The van der Waals surface area contributed by atoms with Crippen molar-refractivity contribution in [1.82, 2.24) is 15.0 Å². The zero-order valence-electron chi connectivity index (χ0n) is 14.2. The van der Waals surface area contributed by atoms with Gasteiger partial charge in [0.15, 0.2) is 0 Å². The quantitative estimate of drug-likeness (QED) is 0.533. The van der Waals surface area contributed by atoms with E-state index in [0.29, 0.717) is 6.54 Å². The van der Waals surface area contributed by atoms with Crippen LogP contribution in [0.4, 0.5) is 0 Å². The van der Waals surface area contributed by atoms with Crippen molar-refractivity contribution >= 4 is 43.8 Å². The first-order chi connectivity index (χ1) is 12.7. The van der Waals surface area contributed by atoms with Crippen molar-refractivity contribution in [2.75, 3.05) is 19.6 Å². The van der Waals surface area contributed by atoms with Gasteiger partial charge < -0.3 is 5.32 Å². The standard InChI is InChI=1S/C20H20BrN3OS/c21-18-8-6-16(7-9-18)3-2-11-22-13-14-24-26(25)20-5-1-4-17-15-23-12-10-19(17)20/h1-10,12,15,22,24H,11,13-14H2. The maximum atomic E-state index is 12.5. The molecule has 0 fully saturated rings. The Hall–Kier alpha value is -1.86. The lowest BCUT2D eigenvalue weighted by Gasteiger charge is -2.08. The highest BCUT2D eigenvalue weighted by Crippen LogP contribution is 2.19. The fourth-order valence-corrected chi connectivity index (χ4v) is 3.81. The molecule has 0 aliphatic rings. The van der Waals surface area contributed by atoms with E-state index in [9.17, 15) is 4.21 Å². The van der Waals surface area contributed by atoms with Crippen LogP contribution in [0.1, 0.15) is 5.56 Å². The number of hydrogen-bond donors (Lipinski definition) is 2. The minimum absolute atomic E-state index is 0.625. The molecule has 0 aliphatic carbocycles. The number of halogens is 1. The van der Waals surface area contributed by atoms with Gasteiger partial charge in [-0.2, -0.15) is 0 Å². The second-order valence-electron chi connectivity index (χ2n) is 5.67. The first kappa shape index (κ1) is 18.9. The number of aromatic nitrogens is 1. The normalized spacial score (nSPS) is 12.7. The lowest BCUT2D eigenvalue weighted by atomic mass is 10.2. The molecule has 1 unspecified atom stereocenters. The smallest absolute Gasteiger partial charge is 0.125 e. The molecular formula is C20H20BrN3OS. The molecule has 6 heteroatoms. The van der Waals surface area contributed by atoms with Crippen molar-refractivity contribution in [1.29, 1.82) is 0 Å². The van der Waals surface area contributed by atoms with Crippen LogP contribution in [-0.2, 0) is 11.0 Å². The molecular weight excluding hydrogens is 410 g/mol. The van der Waals surface area contributed by atoms with Gasteiger partial charge in [-0.3, -0.25) is 4.98 Å². The highest BCUT2D eigenvalue weighted by atomic mass is 79.9. The fourth-order valence-electron chi connectivity index (χ4n) is 2.52. The Labute approximate surface area is 164 Å². The van der Waals surface area contributed by atoms with Crippen LogP contribution in [-0.4, -0.2) is 28.8 Å². The number of nitrogens with one attached hydrogen (secondary N) is 2. The van der Waals surface area contributed by atoms with E-state index in [1.165, 1.54) is 5.56 Å². The Morgan fingerprint density at radius 3 is 2.77 bits per heavy atom. The number of pyridine rings is 1. The maximum Gasteiger partial charge on any atom is 0.125 e. The number of hydrogen-bond acceptors (Lipinski definition) is 3. The first-order valence-corrected chi connectivity index (χ1v) is 10.3. The van der Waals surface area contributed by atoms with Crippen molar-refractivity contribution in [3.05, 3.63) is 77.0 Å². The van der Waals surface area contributed by atoms with E-state index in [2.05, 4.69) is 55.2 Å².